The number of hydrogen-bond donors (Lipinski definition) is 3. The number of carbonyl (C=O) groups excluding carboxylic acids is 2. The number of benzene rings is 1. The molecule has 6 nitrogen and oxygen atoms in total. The molecular formula is C18H30N4O2. The van der Waals surface area contributed by atoms with E-state index in [2.05, 4.69) is 10.6 Å². The minimum atomic E-state index is -0.865. The third kappa shape index (κ3) is 6.68. The van der Waals surface area contributed by atoms with E-state index in [1.807, 2.05) is 38.1 Å². The number of amides is 2. The first-order valence-corrected chi connectivity index (χ1v) is 8.35. The van der Waals surface area contributed by atoms with Crippen LogP contribution in [-0.2, 0) is 11.3 Å². The highest BCUT2D eigenvalue weighted by Crippen LogP contribution is 2.10. The van der Waals surface area contributed by atoms with E-state index in [1.165, 1.54) is 0 Å². The monoisotopic (exact) mass is 334 g/mol. The van der Waals surface area contributed by atoms with E-state index in [1.54, 1.807) is 19.1 Å². The predicted octanol–water partition coefficient (Wildman–Crippen LogP) is 1.11. The largest absolute Gasteiger partial charge is 0.351 e. The van der Waals surface area contributed by atoms with Crippen molar-refractivity contribution in [3.8, 4) is 0 Å². The van der Waals surface area contributed by atoms with Crippen molar-refractivity contribution in [2.24, 2.45) is 5.73 Å². The second-order valence-corrected chi connectivity index (χ2v) is 6.61. The lowest BCUT2D eigenvalue weighted by Crippen LogP contribution is -2.51. The Morgan fingerprint density at radius 2 is 1.96 bits per heavy atom. The summed E-state index contributed by atoms with van der Waals surface area (Å²) in [5.41, 5.74) is 6.61. The average molecular weight is 334 g/mol. The lowest BCUT2D eigenvalue weighted by molar-refractivity contribution is -0.126. The lowest BCUT2D eigenvalue weighted by atomic mass is 9.96. The summed E-state index contributed by atoms with van der Waals surface area (Å²) in [7, 11) is 3.92. The quantitative estimate of drug-likeness (QED) is 0.631. The second kappa shape index (κ2) is 9.39. The highest BCUT2D eigenvalue weighted by Gasteiger charge is 2.26. The minimum Gasteiger partial charge on any atom is -0.351 e. The van der Waals surface area contributed by atoms with Crippen LogP contribution in [0.25, 0.3) is 0 Å². The van der Waals surface area contributed by atoms with Gasteiger partial charge in [0.1, 0.15) is 0 Å². The highest BCUT2D eigenvalue weighted by atomic mass is 16.2. The molecule has 0 aliphatic carbocycles. The molecule has 1 unspecified atom stereocenters. The van der Waals surface area contributed by atoms with E-state index >= 15 is 0 Å². The number of rotatable bonds is 9. The van der Waals surface area contributed by atoms with E-state index in [-0.39, 0.29) is 11.8 Å². The average Bonchev–Trinajstić information content (AvgIpc) is 2.52. The summed E-state index contributed by atoms with van der Waals surface area (Å²) in [5.74, 6) is -0.287. The number of carbonyl (C=O) groups is 2. The van der Waals surface area contributed by atoms with Crippen LogP contribution in [0.3, 0.4) is 0 Å². The van der Waals surface area contributed by atoms with Gasteiger partial charge in [0.05, 0.1) is 5.54 Å². The van der Waals surface area contributed by atoms with Crippen LogP contribution in [0.2, 0.25) is 0 Å². The van der Waals surface area contributed by atoms with Crippen molar-refractivity contribution >= 4 is 11.8 Å². The van der Waals surface area contributed by atoms with Crippen molar-refractivity contribution < 1.29 is 9.59 Å². The van der Waals surface area contributed by atoms with Crippen LogP contribution >= 0.6 is 0 Å². The van der Waals surface area contributed by atoms with Gasteiger partial charge in [-0.25, -0.2) is 0 Å². The molecule has 0 aromatic heterocycles. The molecule has 1 aromatic rings. The molecule has 134 valence electrons. The number of likely N-dealkylation sites (N-methyl/N-ethyl adjacent to an activating group) is 1. The summed E-state index contributed by atoms with van der Waals surface area (Å²) < 4.78 is 0. The molecule has 4 N–H and O–H groups in total. The van der Waals surface area contributed by atoms with Crippen molar-refractivity contribution in [2.75, 3.05) is 27.2 Å². The maximum Gasteiger partial charge on any atom is 0.251 e. The Labute approximate surface area is 144 Å². The first-order valence-electron chi connectivity index (χ1n) is 8.35. The fraction of sp³-hybridized carbons (Fsp3) is 0.556. The van der Waals surface area contributed by atoms with Crippen molar-refractivity contribution in [3.05, 3.63) is 35.4 Å². The molecule has 0 fully saturated rings. The lowest BCUT2D eigenvalue weighted by Gasteiger charge is -2.22. The molecular weight excluding hydrogens is 304 g/mol. The van der Waals surface area contributed by atoms with E-state index < -0.39 is 5.54 Å². The first kappa shape index (κ1) is 20.1. The van der Waals surface area contributed by atoms with Gasteiger partial charge in [-0.2, -0.15) is 0 Å². The highest BCUT2D eigenvalue weighted by molar-refractivity contribution is 5.94. The molecule has 1 atom stereocenters. The van der Waals surface area contributed by atoms with Gasteiger partial charge in [0.2, 0.25) is 5.91 Å². The summed E-state index contributed by atoms with van der Waals surface area (Å²) in [6.07, 6.45) is 1.48. The van der Waals surface area contributed by atoms with Gasteiger partial charge in [-0.05, 0) is 45.1 Å². The smallest absolute Gasteiger partial charge is 0.251 e. The summed E-state index contributed by atoms with van der Waals surface area (Å²) in [5, 5.41) is 5.72. The Hall–Kier alpha value is -1.92. The maximum atomic E-state index is 12.1. The van der Waals surface area contributed by atoms with E-state index in [9.17, 15) is 9.59 Å². The Morgan fingerprint density at radius 1 is 1.25 bits per heavy atom. The summed E-state index contributed by atoms with van der Waals surface area (Å²) >= 11 is 0. The summed E-state index contributed by atoms with van der Waals surface area (Å²) in [6, 6.07) is 7.25. The molecule has 0 aliphatic rings. The van der Waals surface area contributed by atoms with Crippen molar-refractivity contribution in [2.45, 2.75) is 38.8 Å². The number of nitrogens with zero attached hydrogens (tertiary/aromatic N) is 1. The molecule has 1 aromatic carbocycles. The molecule has 0 aliphatic heterocycles. The molecule has 0 bridgehead atoms. The van der Waals surface area contributed by atoms with Gasteiger partial charge in [0, 0.05) is 25.2 Å². The van der Waals surface area contributed by atoms with Gasteiger partial charge < -0.3 is 21.3 Å². The number of nitrogens with one attached hydrogen (secondary N) is 2. The Bertz CT molecular complexity index is 556. The molecule has 6 heteroatoms. The zero-order valence-corrected chi connectivity index (χ0v) is 15.2. The molecule has 0 radical (unpaired) electrons. The first-order chi connectivity index (χ1) is 11.3. The van der Waals surface area contributed by atoms with Gasteiger partial charge in [0.15, 0.2) is 0 Å². The van der Waals surface area contributed by atoms with Crippen LogP contribution in [0.15, 0.2) is 24.3 Å². The summed E-state index contributed by atoms with van der Waals surface area (Å²) in [6.45, 7) is 5.47. The predicted molar refractivity (Wildman–Crippen MR) is 96.7 cm³/mol. The van der Waals surface area contributed by atoms with Crippen molar-refractivity contribution in [1.82, 2.24) is 15.5 Å². The molecule has 0 heterocycles. The number of nitrogens with two attached hydrogens (primary N) is 1. The number of hydrogen-bond acceptors (Lipinski definition) is 4. The topological polar surface area (TPSA) is 87.5 Å². The van der Waals surface area contributed by atoms with Gasteiger partial charge in [0.25, 0.3) is 5.91 Å². The molecule has 0 saturated carbocycles. The normalized spacial score (nSPS) is 13.4. The third-order valence-corrected chi connectivity index (χ3v) is 3.77. The Kier molecular flexibility index (Phi) is 7.88. The van der Waals surface area contributed by atoms with Crippen LogP contribution < -0.4 is 16.4 Å². The zero-order chi connectivity index (χ0) is 18.2. The Morgan fingerprint density at radius 3 is 2.58 bits per heavy atom. The molecule has 24 heavy (non-hydrogen) atoms. The van der Waals surface area contributed by atoms with E-state index in [4.69, 9.17) is 5.73 Å². The summed E-state index contributed by atoms with van der Waals surface area (Å²) in [4.78, 5) is 26.3. The SMILES string of the molecule is CCCC(C)(N)C(=O)NCc1cccc(C(=O)NCCN(C)C)c1. The van der Waals surface area contributed by atoms with Gasteiger partial charge in [-0.15, -0.1) is 0 Å². The standard InChI is InChI=1S/C18H30N4O2/c1-5-9-18(2,19)17(24)21-13-14-7-6-8-15(12-14)16(23)20-10-11-22(3)4/h6-8,12H,5,9-11,13,19H2,1-4H3,(H,20,23)(H,21,24). The molecule has 1 rings (SSSR count). The van der Waals surface area contributed by atoms with Crippen LogP contribution in [0.1, 0.15) is 42.6 Å². The van der Waals surface area contributed by atoms with Crippen LogP contribution in [-0.4, -0.2) is 49.4 Å². The fourth-order valence-electron chi connectivity index (χ4n) is 2.33. The molecule has 0 saturated heterocycles. The third-order valence-electron chi connectivity index (χ3n) is 3.77. The molecule has 0 spiro atoms. The van der Waals surface area contributed by atoms with Crippen molar-refractivity contribution in [3.63, 3.8) is 0 Å². The van der Waals surface area contributed by atoms with Crippen molar-refractivity contribution in [1.29, 1.82) is 0 Å². The van der Waals surface area contributed by atoms with E-state index in [0.29, 0.717) is 25.1 Å². The van der Waals surface area contributed by atoms with E-state index in [0.717, 1.165) is 18.5 Å². The molecule has 2 amide bonds. The van der Waals surface area contributed by atoms with Gasteiger partial charge in [-0.3, -0.25) is 9.59 Å². The fourth-order valence-corrected chi connectivity index (χ4v) is 2.33. The second-order valence-electron chi connectivity index (χ2n) is 6.61. The maximum absolute atomic E-state index is 12.1. The van der Waals surface area contributed by atoms with Crippen LogP contribution in [0.4, 0.5) is 0 Å². The van der Waals surface area contributed by atoms with Gasteiger partial charge in [-0.1, -0.05) is 25.5 Å². The van der Waals surface area contributed by atoms with Gasteiger partial charge >= 0.3 is 0 Å². The minimum absolute atomic E-state index is 0.111. The van der Waals surface area contributed by atoms with Crippen LogP contribution in [0.5, 0.6) is 0 Å². The Balaban J connectivity index is 2.59. The zero-order valence-electron chi connectivity index (χ0n) is 15.2. The van der Waals surface area contributed by atoms with Crippen LogP contribution in [0, 0.1) is 0 Å².